The summed E-state index contributed by atoms with van der Waals surface area (Å²) in [4.78, 5) is 22.3. The van der Waals surface area contributed by atoms with E-state index in [2.05, 4.69) is 0 Å². The van der Waals surface area contributed by atoms with Crippen molar-refractivity contribution in [3.05, 3.63) is 0 Å². The van der Waals surface area contributed by atoms with Crippen LogP contribution in [0, 0.1) is 11.8 Å². The molecule has 0 rings (SSSR count). The van der Waals surface area contributed by atoms with Gasteiger partial charge in [0.2, 0.25) is 0 Å². The molecule has 1 atom stereocenters. The third kappa shape index (κ3) is 11.8. The quantitative estimate of drug-likeness (QED) is 0.538. The van der Waals surface area contributed by atoms with Gasteiger partial charge in [-0.25, -0.2) is 0 Å². The summed E-state index contributed by atoms with van der Waals surface area (Å²) in [5.74, 6) is -2.21. The predicted octanol–water partition coefficient (Wildman–Crippen LogP) is -1.87. The van der Waals surface area contributed by atoms with Crippen molar-refractivity contribution in [2.45, 2.75) is 53.1 Å². The van der Waals surface area contributed by atoms with Gasteiger partial charge in [0.15, 0.2) is 0 Å². The maximum atomic E-state index is 11.4. The molecule has 0 spiro atoms. The maximum Gasteiger partial charge on any atom is 1.00 e. The zero-order valence-corrected chi connectivity index (χ0v) is 18.0. The second kappa shape index (κ2) is 8.99. The van der Waals surface area contributed by atoms with Crippen LogP contribution >= 0.6 is 0 Å². The fraction of sp³-hybridized carbons (Fsp3) is 0.833. The van der Waals surface area contributed by atoms with Gasteiger partial charge in [0.05, 0.1) is 6.42 Å². The molecule has 0 aromatic carbocycles. The number of esters is 1. The largest absolute Gasteiger partial charge is 1.00 e. The van der Waals surface area contributed by atoms with Crippen molar-refractivity contribution in [2.75, 3.05) is 0 Å². The monoisotopic (exact) mass is 362 g/mol. The van der Waals surface area contributed by atoms with Crippen LogP contribution in [0.5, 0.6) is 0 Å². The number of aliphatic carboxylic acids is 1. The van der Waals surface area contributed by atoms with Gasteiger partial charge in [-0.3, -0.25) is 4.79 Å². The summed E-state index contributed by atoms with van der Waals surface area (Å²) in [6, 6.07) is 0. The van der Waals surface area contributed by atoms with Crippen molar-refractivity contribution in [1.29, 1.82) is 0 Å². The molecular weight excluding hydrogens is 341 g/mol. The fourth-order valence-corrected chi connectivity index (χ4v) is 1.42. The number of hydrogen-bond acceptors (Lipinski definition) is 4. The molecule has 0 radical (unpaired) electrons. The Morgan fingerprint density at radius 2 is 1.71 bits per heavy atom. The number of carbonyl (C=O) groups excluding carboxylic acids is 2. The molecule has 0 saturated carbocycles. The number of carboxylic acid groups (broad SMARTS) is 1. The standard InChI is InChI=1S/C12H22O4.Cs/c1-8(2)6-9(11(14)15)7-10(13)16-12(3,4)5;/h8-9H,6-7H2,1-5H3,(H,14,15);/q;+1/p-1/t9-;/m1./s1. The van der Waals surface area contributed by atoms with E-state index in [0.29, 0.717) is 6.42 Å². The van der Waals surface area contributed by atoms with Gasteiger partial charge in [0.25, 0.3) is 0 Å². The van der Waals surface area contributed by atoms with E-state index < -0.39 is 23.5 Å². The van der Waals surface area contributed by atoms with Gasteiger partial charge in [-0.15, -0.1) is 0 Å². The fourth-order valence-electron chi connectivity index (χ4n) is 1.42. The minimum Gasteiger partial charge on any atom is -0.550 e. The Morgan fingerprint density at radius 1 is 1.24 bits per heavy atom. The molecule has 0 saturated heterocycles. The Hall–Kier alpha value is 0.992. The number of hydrogen-bond donors (Lipinski definition) is 0. The molecule has 0 aromatic rings. The molecule has 0 amide bonds. The molecule has 5 heteroatoms. The van der Waals surface area contributed by atoms with Gasteiger partial charge in [-0.1, -0.05) is 13.8 Å². The van der Waals surface area contributed by atoms with Crippen LogP contribution in [-0.4, -0.2) is 17.5 Å². The molecule has 94 valence electrons. The molecule has 0 unspecified atom stereocenters. The van der Waals surface area contributed by atoms with Crippen molar-refractivity contribution in [2.24, 2.45) is 11.8 Å². The molecule has 0 N–H and O–H groups in total. The first-order chi connectivity index (χ1) is 7.11. The van der Waals surface area contributed by atoms with E-state index in [1.165, 1.54) is 0 Å². The average Bonchev–Trinajstić information content (AvgIpc) is 1.97. The van der Waals surface area contributed by atoms with Crippen molar-refractivity contribution in [3.8, 4) is 0 Å². The van der Waals surface area contributed by atoms with Gasteiger partial charge in [0, 0.05) is 11.9 Å². The van der Waals surface area contributed by atoms with Crippen LogP contribution in [0.2, 0.25) is 0 Å². The van der Waals surface area contributed by atoms with E-state index in [4.69, 9.17) is 4.74 Å². The second-order valence-electron chi connectivity index (χ2n) is 5.44. The molecule has 0 aromatic heterocycles. The molecule has 0 aliphatic carbocycles. The second-order valence-corrected chi connectivity index (χ2v) is 5.44. The summed E-state index contributed by atoms with van der Waals surface area (Å²) in [6.45, 7) is 9.07. The van der Waals surface area contributed by atoms with Crippen LogP contribution < -0.4 is 74.0 Å². The Balaban J connectivity index is 0. The van der Waals surface area contributed by atoms with Crippen molar-refractivity contribution < 1.29 is 88.3 Å². The number of ether oxygens (including phenoxy) is 1. The Labute approximate surface area is 162 Å². The third-order valence-corrected chi connectivity index (χ3v) is 1.92. The summed E-state index contributed by atoms with van der Waals surface area (Å²) >= 11 is 0. The Kier molecular flexibility index (Phi) is 10.7. The van der Waals surface area contributed by atoms with Crippen LogP contribution in [0.15, 0.2) is 0 Å². The summed E-state index contributed by atoms with van der Waals surface area (Å²) in [7, 11) is 0. The van der Waals surface area contributed by atoms with Crippen molar-refractivity contribution in [3.63, 3.8) is 0 Å². The van der Waals surface area contributed by atoms with Gasteiger partial charge < -0.3 is 14.6 Å². The van der Waals surface area contributed by atoms with Gasteiger partial charge in [0.1, 0.15) is 5.60 Å². The van der Waals surface area contributed by atoms with E-state index >= 15 is 0 Å². The summed E-state index contributed by atoms with van der Waals surface area (Å²) in [6.07, 6.45) is 0.319. The first kappa shape index (κ1) is 20.3. The zero-order chi connectivity index (χ0) is 12.9. The van der Waals surface area contributed by atoms with E-state index in [1.54, 1.807) is 20.8 Å². The van der Waals surface area contributed by atoms with Crippen LogP contribution in [0.25, 0.3) is 0 Å². The predicted molar refractivity (Wildman–Crippen MR) is 58.4 cm³/mol. The molecule has 0 aliphatic heterocycles. The summed E-state index contributed by atoms with van der Waals surface area (Å²) in [5, 5.41) is 10.8. The Bertz CT molecular complexity index is 256. The van der Waals surface area contributed by atoms with Gasteiger partial charge >= 0.3 is 74.9 Å². The summed E-state index contributed by atoms with van der Waals surface area (Å²) in [5.41, 5.74) is -0.578. The minimum atomic E-state index is -1.18. The average molecular weight is 362 g/mol. The first-order valence-corrected chi connectivity index (χ1v) is 5.54. The minimum absolute atomic E-state index is 0. The normalized spacial score (nSPS) is 12.8. The SMILES string of the molecule is CC(C)C[C@H](CC(=O)OC(C)(C)C)C(=O)[O-].[Cs+]. The molecule has 4 nitrogen and oxygen atoms in total. The van der Waals surface area contributed by atoms with Crippen LogP contribution in [0.1, 0.15) is 47.5 Å². The van der Waals surface area contributed by atoms with Crippen LogP contribution in [0.3, 0.4) is 0 Å². The molecule has 17 heavy (non-hydrogen) atoms. The van der Waals surface area contributed by atoms with Gasteiger partial charge in [-0.05, 0) is 33.1 Å². The molecule has 0 bridgehead atoms. The van der Waals surface area contributed by atoms with E-state index in [0.717, 1.165) is 0 Å². The third-order valence-electron chi connectivity index (χ3n) is 1.92. The van der Waals surface area contributed by atoms with Crippen LogP contribution in [0.4, 0.5) is 0 Å². The van der Waals surface area contributed by atoms with E-state index in [1.807, 2.05) is 13.8 Å². The molecule has 0 aliphatic rings. The molecule has 0 heterocycles. The first-order valence-electron chi connectivity index (χ1n) is 5.54. The maximum absolute atomic E-state index is 11.4. The molecular formula is C12H21CsO4. The van der Waals surface area contributed by atoms with Crippen LogP contribution in [-0.2, 0) is 14.3 Å². The number of carboxylic acids is 1. The van der Waals surface area contributed by atoms with E-state index in [-0.39, 0.29) is 81.2 Å². The Morgan fingerprint density at radius 3 is 2.00 bits per heavy atom. The van der Waals surface area contributed by atoms with Crippen molar-refractivity contribution in [1.82, 2.24) is 0 Å². The molecule has 0 fully saturated rings. The van der Waals surface area contributed by atoms with Gasteiger partial charge in [-0.2, -0.15) is 0 Å². The zero-order valence-electron chi connectivity index (χ0n) is 11.7. The van der Waals surface area contributed by atoms with Crippen molar-refractivity contribution >= 4 is 11.9 Å². The van der Waals surface area contributed by atoms with E-state index in [9.17, 15) is 14.7 Å². The topological polar surface area (TPSA) is 66.4 Å². The number of rotatable bonds is 5. The summed E-state index contributed by atoms with van der Waals surface area (Å²) < 4.78 is 5.07. The smallest absolute Gasteiger partial charge is 0.550 e. The number of carbonyl (C=O) groups is 2.